The Hall–Kier alpha value is -1.47. The summed E-state index contributed by atoms with van der Waals surface area (Å²) in [5.74, 6) is 0.107. The molecule has 3 unspecified atom stereocenters. The van der Waals surface area contributed by atoms with Crippen LogP contribution in [0.5, 0.6) is 0 Å². The van der Waals surface area contributed by atoms with E-state index >= 15 is 0 Å². The largest absolute Gasteiger partial charge is 0.391 e. The van der Waals surface area contributed by atoms with Crippen LogP contribution in [0.25, 0.3) is 0 Å². The molecular weight excluding hydrogens is 229 g/mol. The molecule has 0 fully saturated rings. The molecule has 1 aromatic rings. The van der Waals surface area contributed by atoms with Crippen molar-refractivity contribution in [2.45, 2.75) is 32.3 Å². The molecule has 0 aliphatic heterocycles. The van der Waals surface area contributed by atoms with Gasteiger partial charge in [-0.1, -0.05) is 0 Å². The maximum atomic E-state index is 12.5. The van der Waals surface area contributed by atoms with Gasteiger partial charge in [0.05, 0.1) is 6.10 Å². The van der Waals surface area contributed by atoms with E-state index in [0.717, 1.165) is 0 Å². The Morgan fingerprint density at radius 1 is 1.65 bits per heavy atom. The van der Waals surface area contributed by atoms with Crippen molar-refractivity contribution in [3.8, 4) is 0 Å². The van der Waals surface area contributed by atoms with E-state index in [-0.39, 0.29) is 5.82 Å². The number of hydrogen-bond acceptors (Lipinski definition) is 5. The second-order valence-corrected chi connectivity index (χ2v) is 3.71. The standard InChI is InChI=1S/C10H16FN3O3/c1-6(15)8(5-11)17-7(2)14-4-3-9(12)13-10(14)16/h3-4,6-8,15H,5H2,1-2H3,(H2,12,13,16). The molecule has 0 aromatic carbocycles. The molecular formula is C10H16FN3O3. The number of rotatable bonds is 5. The van der Waals surface area contributed by atoms with Crippen LogP contribution < -0.4 is 11.4 Å². The Morgan fingerprint density at radius 3 is 2.76 bits per heavy atom. The summed E-state index contributed by atoms with van der Waals surface area (Å²) in [5.41, 5.74) is 4.76. The number of aromatic nitrogens is 2. The molecule has 0 bridgehead atoms. The summed E-state index contributed by atoms with van der Waals surface area (Å²) in [4.78, 5) is 15.0. The number of alkyl halides is 1. The zero-order valence-corrected chi connectivity index (χ0v) is 9.71. The van der Waals surface area contributed by atoms with Gasteiger partial charge in [-0.3, -0.25) is 4.57 Å². The first-order valence-corrected chi connectivity index (χ1v) is 5.20. The number of aliphatic hydroxyl groups excluding tert-OH is 1. The van der Waals surface area contributed by atoms with Gasteiger partial charge in [0.25, 0.3) is 0 Å². The molecule has 0 aliphatic rings. The number of anilines is 1. The first-order valence-electron chi connectivity index (χ1n) is 5.20. The highest BCUT2D eigenvalue weighted by molar-refractivity contribution is 5.23. The molecule has 1 rings (SSSR count). The van der Waals surface area contributed by atoms with Gasteiger partial charge in [0.1, 0.15) is 24.8 Å². The van der Waals surface area contributed by atoms with Crippen LogP contribution in [-0.2, 0) is 4.74 Å². The van der Waals surface area contributed by atoms with Gasteiger partial charge in [-0.2, -0.15) is 4.98 Å². The summed E-state index contributed by atoms with van der Waals surface area (Å²) in [5, 5.41) is 9.23. The van der Waals surface area contributed by atoms with E-state index in [2.05, 4.69) is 4.98 Å². The zero-order valence-electron chi connectivity index (χ0n) is 9.71. The zero-order chi connectivity index (χ0) is 13.0. The van der Waals surface area contributed by atoms with Crippen LogP contribution in [-0.4, -0.2) is 33.5 Å². The molecule has 7 heteroatoms. The van der Waals surface area contributed by atoms with Gasteiger partial charge in [-0.25, -0.2) is 9.18 Å². The maximum absolute atomic E-state index is 12.5. The topological polar surface area (TPSA) is 90.4 Å². The van der Waals surface area contributed by atoms with Crippen LogP contribution in [0.3, 0.4) is 0 Å². The van der Waals surface area contributed by atoms with E-state index in [4.69, 9.17) is 10.5 Å². The molecule has 96 valence electrons. The van der Waals surface area contributed by atoms with Crippen LogP contribution in [0, 0.1) is 0 Å². The summed E-state index contributed by atoms with van der Waals surface area (Å²) in [7, 11) is 0. The quantitative estimate of drug-likeness (QED) is 0.766. The average molecular weight is 245 g/mol. The van der Waals surface area contributed by atoms with E-state index in [0.29, 0.717) is 0 Å². The lowest BCUT2D eigenvalue weighted by Crippen LogP contribution is -2.34. The summed E-state index contributed by atoms with van der Waals surface area (Å²) in [6.45, 7) is 2.14. The molecule has 6 nitrogen and oxygen atoms in total. The number of ether oxygens (including phenoxy) is 1. The smallest absolute Gasteiger partial charge is 0.351 e. The molecule has 0 spiro atoms. The maximum Gasteiger partial charge on any atom is 0.351 e. The molecule has 3 atom stereocenters. The van der Waals surface area contributed by atoms with Crippen LogP contribution in [0.1, 0.15) is 20.1 Å². The van der Waals surface area contributed by atoms with Gasteiger partial charge in [0.2, 0.25) is 0 Å². The molecule has 1 aromatic heterocycles. The highest BCUT2D eigenvalue weighted by Crippen LogP contribution is 2.11. The van der Waals surface area contributed by atoms with Gasteiger partial charge in [0.15, 0.2) is 0 Å². The Labute approximate surface area is 97.8 Å². The van der Waals surface area contributed by atoms with Crippen molar-refractivity contribution in [2.24, 2.45) is 0 Å². The van der Waals surface area contributed by atoms with Crippen LogP contribution in [0.2, 0.25) is 0 Å². The fraction of sp³-hybridized carbons (Fsp3) is 0.600. The molecule has 3 N–H and O–H groups in total. The second-order valence-electron chi connectivity index (χ2n) is 3.71. The van der Waals surface area contributed by atoms with Crippen molar-refractivity contribution in [1.82, 2.24) is 9.55 Å². The fourth-order valence-corrected chi connectivity index (χ4v) is 1.30. The van der Waals surface area contributed by atoms with Crippen molar-refractivity contribution in [2.75, 3.05) is 12.4 Å². The Bertz CT molecular complexity index is 422. The van der Waals surface area contributed by atoms with E-state index in [9.17, 15) is 14.3 Å². The van der Waals surface area contributed by atoms with Crippen LogP contribution >= 0.6 is 0 Å². The second kappa shape index (κ2) is 5.74. The molecule has 1 heterocycles. The van der Waals surface area contributed by atoms with Crippen molar-refractivity contribution >= 4 is 5.82 Å². The molecule has 17 heavy (non-hydrogen) atoms. The molecule has 0 amide bonds. The third-order valence-electron chi connectivity index (χ3n) is 2.31. The summed E-state index contributed by atoms with van der Waals surface area (Å²) >= 11 is 0. The third kappa shape index (κ3) is 3.50. The minimum absolute atomic E-state index is 0.107. The fourth-order valence-electron chi connectivity index (χ4n) is 1.30. The van der Waals surface area contributed by atoms with Crippen molar-refractivity contribution in [3.05, 3.63) is 22.7 Å². The highest BCUT2D eigenvalue weighted by atomic mass is 19.1. The number of nitrogen functional groups attached to an aromatic ring is 1. The Balaban J connectivity index is 2.82. The van der Waals surface area contributed by atoms with Gasteiger partial charge < -0.3 is 15.6 Å². The summed E-state index contributed by atoms with van der Waals surface area (Å²) < 4.78 is 18.9. The van der Waals surface area contributed by atoms with Gasteiger partial charge in [-0.15, -0.1) is 0 Å². The summed E-state index contributed by atoms with van der Waals surface area (Å²) in [6.07, 6.45) is -1.26. The molecule has 0 saturated carbocycles. The SMILES string of the molecule is CC(O)C(CF)OC(C)n1ccc(N)nc1=O. The lowest BCUT2D eigenvalue weighted by atomic mass is 10.2. The Morgan fingerprint density at radius 2 is 2.29 bits per heavy atom. The third-order valence-corrected chi connectivity index (χ3v) is 2.31. The number of halogens is 1. The minimum Gasteiger partial charge on any atom is -0.391 e. The first kappa shape index (κ1) is 13.6. The van der Waals surface area contributed by atoms with E-state index < -0.39 is 30.8 Å². The lowest BCUT2D eigenvalue weighted by Gasteiger charge is -2.23. The van der Waals surface area contributed by atoms with E-state index in [1.165, 1.54) is 23.8 Å². The highest BCUT2D eigenvalue weighted by Gasteiger charge is 2.20. The van der Waals surface area contributed by atoms with Crippen LogP contribution in [0.4, 0.5) is 10.2 Å². The van der Waals surface area contributed by atoms with Gasteiger partial charge >= 0.3 is 5.69 Å². The van der Waals surface area contributed by atoms with E-state index in [1.54, 1.807) is 6.92 Å². The first-order chi connectivity index (χ1) is 7.95. The minimum atomic E-state index is -0.977. The Kier molecular flexibility index (Phi) is 4.59. The van der Waals surface area contributed by atoms with Crippen LogP contribution in [0.15, 0.2) is 17.1 Å². The van der Waals surface area contributed by atoms with Gasteiger partial charge in [-0.05, 0) is 19.9 Å². The number of nitrogens with zero attached hydrogens (tertiary/aromatic N) is 2. The predicted octanol–water partition coefficient (Wildman–Crippen LogP) is 0.0795. The number of hydrogen-bond donors (Lipinski definition) is 2. The van der Waals surface area contributed by atoms with Crippen molar-refractivity contribution in [3.63, 3.8) is 0 Å². The van der Waals surface area contributed by atoms with Crippen molar-refractivity contribution < 1.29 is 14.2 Å². The summed E-state index contributed by atoms with van der Waals surface area (Å²) in [6, 6.07) is 1.44. The van der Waals surface area contributed by atoms with Crippen molar-refractivity contribution in [1.29, 1.82) is 0 Å². The number of nitrogens with two attached hydrogens (primary N) is 1. The average Bonchev–Trinajstić information content (AvgIpc) is 2.24. The monoisotopic (exact) mass is 245 g/mol. The normalized spacial score (nSPS) is 16.5. The molecule has 0 radical (unpaired) electrons. The predicted molar refractivity (Wildman–Crippen MR) is 60.1 cm³/mol. The van der Waals surface area contributed by atoms with Gasteiger partial charge in [0, 0.05) is 6.20 Å². The molecule has 0 saturated heterocycles. The lowest BCUT2D eigenvalue weighted by molar-refractivity contribution is -0.102. The van der Waals surface area contributed by atoms with E-state index in [1.807, 2.05) is 0 Å². The number of aliphatic hydroxyl groups is 1. The molecule has 0 aliphatic carbocycles.